The van der Waals surface area contributed by atoms with Crippen LogP contribution < -0.4 is 5.32 Å². The molecule has 0 atom stereocenters. The first kappa shape index (κ1) is 14.1. The lowest BCUT2D eigenvalue weighted by Crippen LogP contribution is -2.21. The van der Waals surface area contributed by atoms with Gasteiger partial charge in [-0.15, -0.1) is 11.3 Å². The summed E-state index contributed by atoms with van der Waals surface area (Å²) in [6.07, 6.45) is 8.07. The lowest BCUT2D eigenvalue weighted by atomic mass is 9.96. The number of fused-ring (bicyclic) bond motifs is 1. The average molecular weight is 301 g/mol. The number of nitrogens with zero attached hydrogens (tertiary/aromatic N) is 2. The minimum Gasteiger partial charge on any atom is -0.347 e. The van der Waals surface area contributed by atoms with E-state index < -0.39 is 0 Å². The number of carbonyl (C=O) groups is 1. The Morgan fingerprint density at radius 2 is 2.33 bits per heavy atom. The van der Waals surface area contributed by atoms with Gasteiger partial charge in [-0.1, -0.05) is 6.07 Å². The number of carbonyl (C=O) groups excluding carboxylic acids is 1. The molecule has 0 bridgehead atoms. The Bertz CT molecular complexity index is 655. The molecule has 0 radical (unpaired) electrons. The molecule has 0 aliphatic heterocycles. The molecule has 110 valence electrons. The normalized spacial score (nSPS) is 14.3. The molecule has 2 heterocycles. The van der Waals surface area contributed by atoms with Gasteiger partial charge in [0.25, 0.3) is 0 Å². The van der Waals surface area contributed by atoms with Gasteiger partial charge in [0, 0.05) is 23.7 Å². The highest BCUT2D eigenvalue weighted by Gasteiger charge is 2.18. The van der Waals surface area contributed by atoms with Gasteiger partial charge in [0.1, 0.15) is 0 Å². The molecule has 5 heteroatoms. The first-order valence-corrected chi connectivity index (χ1v) is 8.15. The minimum absolute atomic E-state index is 0.0707. The maximum absolute atomic E-state index is 11.9. The number of thiophene rings is 1. The van der Waals surface area contributed by atoms with Crippen LogP contribution in [0.5, 0.6) is 0 Å². The zero-order valence-electron chi connectivity index (χ0n) is 12.1. The van der Waals surface area contributed by atoms with Crippen LogP contribution in [0.4, 0.5) is 0 Å². The fourth-order valence-electron chi connectivity index (χ4n) is 2.77. The summed E-state index contributed by atoms with van der Waals surface area (Å²) >= 11 is 1.62. The monoisotopic (exact) mass is 301 g/mol. The van der Waals surface area contributed by atoms with Gasteiger partial charge < -0.3 is 5.32 Å². The van der Waals surface area contributed by atoms with E-state index in [0.29, 0.717) is 6.54 Å². The van der Waals surface area contributed by atoms with E-state index in [1.165, 1.54) is 24.1 Å². The van der Waals surface area contributed by atoms with E-state index in [0.717, 1.165) is 23.4 Å². The molecule has 0 unspecified atom stereocenters. The van der Waals surface area contributed by atoms with Gasteiger partial charge in [-0.3, -0.25) is 9.48 Å². The van der Waals surface area contributed by atoms with E-state index in [2.05, 4.69) is 10.4 Å². The average Bonchev–Trinajstić information content (AvgIpc) is 3.12. The summed E-state index contributed by atoms with van der Waals surface area (Å²) in [6, 6.07) is 3.96. The topological polar surface area (TPSA) is 46.9 Å². The van der Waals surface area contributed by atoms with Crippen LogP contribution in [-0.4, -0.2) is 15.7 Å². The Balaban J connectivity index is 1.61. The molecule has 0 saturated heterocycles. The van der Waals surface area contributed by atoms with E-state index in [-0.39, 0.29) is 5.91 Å². The van der Waals surface area contributed by atoms with Crippen molar-refractivity contribution in [3.8, 4) is 0 Å². The Morgan fingerprint density at radius 3 is 3.14 bits per heavy atom. The molecule has 0 saturated carbocycles. The molecule has 1 aliphatic rings. The standard InChI is InChI=1S/C16H19N3OS/c1-19-15-7-3-2-6-13(15)14(18-19)11-17-16(20)9-8-12-5-4-10-21-12/h4-5,8-10H,2-3,6-7,11H2,1H3,(H,17,20). The quantitative estimate of drug-likeness (QED) is 0.883. The van der Waals surface area contributed by atoms with Gasteiger partial charge in [0.2, 0.25) is 5.91 Å². The lowest BCUT2D eigenvalue weighted by molar-refractivity contribution is -0.116. The van der Waals surface area contributed by atoms with Gasteiger partial charge in [-0.05, 0) is 48.8 Å². The van der Waals surface area contributed by atoms with E-state index in [1.807, 2.05) is 35.3 Å². The third-order valence-corrected chi connectivity index (χ3v) is 4.66. The van der Waals surface area contributed by atoms with Crippen LogP contribution in [0.2, 0.25) is 0 Å². The first-order valence-electron chi connectivity index (χ1n) is 7.27. The van der Waals surface area contributed by atoms with Crippen LogP contribution in [0.15, 0.2) is 23.6 Å². The molecule has 0 aromatic carbocycles. The van der Waals surface area contributed by atoms with E-state index in [4.69, 9.17) is 0 Å². The maximum Gasteiger partial charge on any atom is 0.244 e. The molecule has 2 aromatic rings. The molecule has 4 nitrogen and oxygen atoms in total. The molecule has 3 rings (SSSR count). The summed E-state index contributed by atoms with van der Waals surface area (Å²) in [4.78, 5) is 12.9. The fourth-order valence-corrected chi connectivity index (χ4v) is 3.39. The summed E-state index contributed by atoms with van der Waals surface area (Å²) in [7, 11) is 1.99. The van der Waals surface area contributed by atoms with Crippen LogP contribution >= 0.6 is 11.3 Å². The zero-order valence-corrected chi connectivity index (χ0v) is 12.9. The number of nitrogens with one attached hydrogen (secondary N) is 1. The highest BCUT2D eigenvalue weighted by Crippen LogP contribution is 2.23. The summed E-state index contributed by atoms with van der Waals surface area (Å²) in [5.41, 5.74) is 3.69. The van der Waals surface area contributed by atoms with Gasteiger partial charge >= 0.3 is 0 Å². The third-order valence-electron chi connectivity index (χ3n) is 3.82. The van der Waals surface area contributed by atoms with E-state index in [1.54, 1.807) is 17.4 Å². The Morgan fingerprint density at radius 1 is 1.48 bits per heavy atom. The van der Waals surface area contributed by atoms with Crippen molar-refractivity contribution in [2.24, 2.45) is 7.05 Å². The smallest absolute Gasteiger partial charge is 0.244 e. The SMILES string of the molecule is Cn1nc(CNC(=O)C=Cc2cccs2)c2c1CCCC2. The van der Waals surface area contributed by atoms with Gasteiger partial charge in [0.15, 0.2) is 0 Å². The lowest BCUT2D eigenvalue weighted by Gasteiger charge is -2.12. The van der Waals surface area contributed by atoms with Crippen molar-refractivity contribution in [2.45, 2.75) is 32.2 Å². The molecule has 21 heavy (non-hydrogen) atoms. The molecule has 1 amide bonds. The van der Waals surface area contributed by atoms with Crippen molar-refractivity contribution in [1.82, 2.24) is 15.1 Å². The van der Waals surface area contributed by atoms with E-state index in [9.17, 15) is 4.79 Å². The zero-order chi connectivity index (χ0) is 14.7. The number of aryl methyl sites for hydroxylation is 1. The van der Waals surface area contributed by atoms with Crippen molar-refractivity contribution in [3.05, 3.63) is 45.4 Å². The second-order valence-corrected chi connectivity index (χ2v) is 6.25. The van der Waals surface area contributed by atoms with Gasteiger partial charge in [0.05, 0.1) is 12.2 Å². The van der Waals surface area contributed by atoms with Crippen LogP contribution in [0.1, 0.15) is 34.7 Å². The van der Waals surface area contributed by atoms with Crippen molar-refractivity contribution in [3.63, 3.8) is 0 Å². The minimum atomic E-state index is -0.0707. The van der Waals surface area contributed by atoms with Crippen molar-refractivity contribution in [1.29, 1.82) is 0 Å². The number of hydrogen-bond donors (Lipinski definition) is 1. The number of rotatable bonds is 4. The summed E-state index contributed by atoms with van der Waals surface area (Å²) in [5.74, 6) is -0.0707. The second kappa shape index (κ2) is 6.26. The highest BCUT2D eigenvalue weighted by atomic mass is 32.1. The summed E-state index contributed by atoms with van der Waals surface area (Å²) in [6.45, 7) is 0.511. The third kappa shape index (κ3) is 3.24. The first-order chi connectivity index (χ1) is 10.2. The molecule has 0 spiro atoms. The highest BCUT2D eigenvalue weighted by molar-refractivity contribution is 7.10. The maximum atomic E-state index is 11.9. The predicted octanol–water partition coefficient (Wildman–Crippen LogP) is 2.69. The molecule has 1 aliphatic carbocycles. The largest absolute Gasteiger partial charge is 0.347 e. The second-order valence-electron chi connectivity index (χ2n) is 5.27. The number of hydrogen-bond acceptors (Lipinski definition) is 3. The summed E-state index contributed by atoms with van der Waals surface area (Å²) < 4.78 is 1.97. The Kier molecular flexibility index (Phi) is 4.20. The van der Waals surface area contributed by atoms with E-state index >= 15 is 0 Å². The van der Waals surface area contributed by atoms with Gasteiger partial charge in [-0.2, -0.15) is 5.10 Å². The Hall–Kier alpha value is -1.88. The van der Waals surface area contributed by atoms with Crippen LogP contribution in [0.3, 0.4) is 0 Å². The van der Waals surface area contributed by atoms with Crippen molar-refractivity contribution < 1.29 is 4.79 Å². The van der Waals surface area contributed by atoms with Crippen molar-refractivity contribution >= 4 is 23.3 Å². The molecular formula is C16H19N3OS. The molecule has 1 N–H and O–H groups in total. The molecule has 2 aromatic heterocycles. The van der Waals surface area contributed by atoms with Gasteiger partial charge in [-0.25, -0.2) is 0 Å². The summed E-state index contributed by atoms with van der Waals surface area (Å²) in [5, 5.41) is 9.48. The Labute approximate surface area is 128 Å². The fraction of sp³-hybridized carbons (Fsp3) is 0.375. The molecule has 0 fully saturated rings. The predicted molar refractivity (Wildman–Crippen MR) is 85.0 cm³/mol. The van der Waals surface area contributed by atoms with Crippen LogP contribution in [0.25, 0.3) is 6.08 Å². The number of amides is 1. The van der Waals surface area contributed by atoms with Crippen molar-refractivity contribution in [2.75, 3.05) is 0 Å². The van der Waals surface area contributed by atoms with Crippen LogP contribution in [0, 0.1) is 0 Å². The number of aromatic nitrogens is 2. The van der Waals surface area contributed by atoms with Crippen LogP contribution in [-0.2, 0) is 31.2 Å². The molecular weight excluding hydrogens is 282 g/mol.